The summed E-state index contributed by atoms with van der Waals surface area (Å²) in [6.45, 7) is 4.87. The third kappa shape index (κ3) is 5.12. The smallest absolute Gasteiger partial charge is 0.260 e. The normalized spacial score (nSPS) is 19.0. The number of nitrogens with zero attached hydrogens (tertiary/aromatic N) is 3. The summed E-state index contributed by atoms with van der Waals surface area (Å²) in [5.74, 6) is 0.428. The van der Waals surface area contributed by atoms with Crippen molar-refractivity contribution in [3.05, 3.63) is 48.0 Å². The molecule has 2 saturated heterocycles. The summed E-state index contributed by atoms with van der Waals surface area (Å²) in [7, 11) is -3.64. The van der Waals surface area contributed by atoms with Crippen molar-refractivity contribution in [1.29, 1.82) is 0 Å². The van der Waals surface area contributed by atoms with Crippen molar-refractivity contribution in [3.63, 3.8) is 0 Å². The summed E-state index contributed by atoms with van der Waals surface area (Å²) >= 11 is 1.42. The van der Waals surface area contributed by atoms with Gasteiger partial charge in [0.1, 0.15) is 11.3 Å². The van der Waals surface area contributed by atoms with Crippen molar-refractivity contribution in [2.24, 2.45) is 0 Å². The van der Waals surface area contributed by atoms with Gasteiger partial charge in [-0.3, -0.25) is 9.69 Å². The second kappa shape index (κ2) is 10.8. The van der Waals surface area contributed by atoms with Gasteiger partial charge < -0.3 is 14.2 Å². The quantitative estimate of drug-likeness (QED) is 0.439. The number of ether oxygens (including phenoxy) is 3. The van der Waals surface area contributed by atoms with Gasteiger partial charge in [0, 0.05) is 25.3 Å². The van der Waals surface area contributed by atoms with Crippen molar-refractivity contribution in [3.8, 4) is 5.75 Å². The monoisotopic (exact) mass is 531 g/mol. The zero-order valence-electron chi connectivity index (χ0n) is 20.1. The topological polar surface area (TPSA) is 98.3 Å². The lowest BCUT2D eigenvalue weighted by atomic mass is 10.2. The van der Waals surface area contributed by atoms with Crippen LogP contribution in [0.3, 0.4) is 0 Å². The molecule has 2 fully saturated rings. The molecule has 2 aliphatic rings. The maximum absolute atomic E-state index is 13.7. The van der Waals surface area contributed by atoms with Gasteiger partial charge in [-0.2, -0.15) is 4.31 Å². The van der Waals surface area contributed by atoms with Crippen molar-refractivity contribution >= 4 is 42.6 Å². The molecule has 1 amide bonds. The second-order valence-electron chi connectivity index (χ2n) is 8.62. The van der Waals surface area contributed by atoms with E-state index in [2.05, 4.69) is 0 Å². The molecule has 0 aliphatic carbocycles. The van der Waals surface area contributed by atoms with E-state index < -0.39 is 10.0 Å². The van der Waals surface area contributed by atoms with Crippen LogP contribution in [-0.2, 0) is 19.5 Å². The molecule has 5 rings (SSSR count). The SMILES string of the molecule is CCOc1cccc2sc(N(CC3CCCO3)C(=O)c3ccc(S(=O)(=O)N4CCOCC4)cc3)nc12. The Kier molecular flexibility index (Phi) is 7.54. The van der Waals surface area contributed by atoms with Gasteiger partial charge in [-0.15, -0.1) is 0 Å². The van der Waals surface area contributed by atoms with Crippen LogP contribution in [0.25, 0.3) is 10.2 Å². The van der Waals surface area contributed by atoms with E-state index in [1.165, 1.54) is 27.8 Å². The number of hydrogen-bond donors (Lipinski definition) is 0. The second-order valence-corrected chi connectivity index (χ2v) is 11.6. The highest BCUT2D eigenvalue weighted by atomic mass is 32.2. The number of amides is 1. The Hall–Kier alpha value is -2.57. The molecule has 0 bridgehead atoms. The lowest BCUT2D eigenvalue weighted by Crippen LogP contribution is -2.40. The molecular formula is C25H29N3O6S2. The minimum Gasteiger partial charge on any atom is -0.492 e. The van der Waals surface area contributed by atoms with Gasteiger partial charge in [-0.1, -0.05) is 17.4 Å². The van der Waals surface area contributed by atoms with Gasteiger partial charge >= 0.3 is 0 Å². The summed E-state index contributed by atoms with van der Waals surface area (Å²) in [6, 6.07) is 11.9. The number of para-hydroxylation sites is 1. The van der Waals surface area contributed by atoms with Crippen LogP contribution in [0.15, 0.2) is 47.4 Å². The number of morpholine rings is 1. The third-order valence-corrected chi connectivity index (χ3v) is 9.22. The average molecular weight is 532 g/mol. The van der Waals surface area contributed by atoms with E-state index in [0.29, 0.717) is 62.5 Å². The summed E-state index contributed by atoms with van der Waals surface area (Å²) in [4.78, 5) is 20.3. The molecular weight excluding hydrogens is 502 g/mol. The van der Waals surface area contributed by atoms with Crippen LogP contribution in [0.4, 0.5) is 5.13 Å². The molecule has 3 heterocycles. The van der Waals surface area contributed by atoms with Crippen LogP contribution in [0.1, 0.15) is 30.1 Å². The Morgan fingerprint density at radius 2 is 1.94 bits per heavy atom. The largest absolute Gasteiger partial charge is 0.492 e. The summed E-state index contributed by atoms with van der Waals surface area (Å²) in [5, 5.41) is 0.558. The highest BCUT2D eigenvalue weighted by Crippen LogP contribution is 2.35. The lowest BCUT2D eigenvalue weighted by Gasteiger charge is -2.26. The van der Waals surface area contributed by atoms with Gasteiger partial charge in [0.05, 0.1) is 42.1 Å². The van der Waals surface area contributed by atoms with Crippen molar-refractivity contribution in [1.82, 2.24) is 9.29 Å². The van der Waals surface area contributed by atoms with Gasteiger partial charge in [0.15, 0.2) is 5.13 Å². The Morgan fingerprint density at radius 3 is 2.64 bits per heavy atom. The minimum atomic E-state index is -3.64. The van der Waals surface area contributed by atoms with Crippen LogP contribution in [-0.4, -0.2) is 75.8 Å². The van der Waals surface area contributed by atoms with Gasteiger partial charge in [0.2, 0.25) is 10.0 Å². The number of carbonyl (C=O) groups excluding carboxylic acids is 1. The Labute approximate surface area is 214 Å². The summed E-state index contributed by atoms with van der Waals surface area (Å²) in [6.07, 6.45) is 1.75. The molecule has 192 valence electrons. The number of thiazole rings is 1. The molecule has 1 atom stereocenters. The number of fused-ring (bicyclic) bond motifs is 1. The van der Waals surface area contributed by atoms with Crippen LogP contribution in [0, 0.1) is 0 Å². The van der Waals surface area contributed by atoms with E-state index in [9.17, 15) is 13.2 Å². The molecule has 0 radical (unpaired) electrons. The predicted octanol–water partition coefficient (Wildman–Crippen LogP) is 3.54. The minimum absolute atomic E-state index is 0.0757. The van der Waals surface area contributed by atoms with Crippen molar-refractivity contribution < 1.29 is 27.4 Å². The zero-order chi connectivity index (χ0) is 25.1. The van der Waals surface area contributed by atoms with Crippen molar-refractivity contribution in [2.45, 2.75) is 30.8 Å². The van der Waals surface area contributed by atoms with Crippen molar-refractivity contribution in [2.75, 3.05) is 51.0 Å². The number of aromatic nitrogens is 1. The molecule has 0 spiro atoms. The van der Waals surface area contributed by atoms with Gasteiger partial charge in [-0.05, 0) is 56.2 Å². The van der Waals surface area contributed by atoms with E-state index in [4.69, 9.17) is 19.2 Å². The van der Waals surface area contributed by atoms with Crippen LogP contribution >= 0.6 is 11.3 Å². The molecule has 11 heteroatoms. The van der Waals surface area contributed by atoms with E-state index in [1.807, 2.05) is 25.1 Å². The van der Waals surface area contributed by atoms with E-state index in [1.54, 1.807) is 17.0 Å². The number of anilines is 1. The number of sulfonamides is 1. The fourth-order valence-electron chi connectivity index (χ4n) is 4.40. The van der Waals surface area contributed by atoms with Crippen LogP contribution in [0.5, 0.6) is 5.75 Å². The lowest BCUT2D eigenvalue weighted by molar-refractivity contribution is 0.0730. The Bertz CT molecular complexity index is 1310. The number of carbonyl (C=O) groups is 1. The first-order valence-electron chi connectivity index (χ1n) is 12.1. The molecule has 36 heavy (non-hydrogen) atoms. The molecule has 1 unspecified atom stereocenters. The molecule has 2 aromatic carbocycles. The maximum atomic E-state index is 13.7. The fraction of sp³-hybridized carbons (Fsp3) is 0.440. The van der Waals surface area contributed by atoms with Crippen LogP contribution < -0.4 is 9.64 Å². The highest BCUT2D eigenvalue weighted by molar-refractivity contribution is 7.89. The van der Waals surface area contributed by atoms with E-state index >= 15 is 0 Å². The van der Waals surface area contributed by atoms with Gasteiger partial charge in [-0.25, -0.2) is 13.4 Å². The molecule has 9 nitrogen and oxygen atoms in total. The standard InChI is InChI=1S/C25H29N3O6S2/c1-2-33-21-6-3-7-22-23(21)26-25(35-22)28(17-19-5-4-14-34-19)24(29)18-8-10-20(11-9-18)36(30,31)27-12-15-32-16-13-27/h3,6-11,19H,2,4-5,12-17H2,1H3. The summed E-state index contributed by atoms with van der Waals surface area (Å²) in [5.41, 5.74) is 1.11. The first-order chi connectivity index (χ1) is 17.5. The third-order valence-electron chi connectivity index (χ3n) is 6.27. The zero-order valence-corrected chi connectivity index (χ0v) is 21.7. The average Bonchev–Trinajstić information content (AvgIpc) is 3.58. The van der Waals surface area contributed by atoms with E-state index in [0.717, 1.165) is 23.1 Å². The van der Waals surface area contributed by atoms with E-state index in [-0.39, 0.29) is 16.9 Å². The predicted molar refractivity (Wildman–Crippen MR) is 137 cm³/mol. The fourth-order valence-corrected chi connectivity index (χ4v) is 6.80. The first kappa shape index (κ1) is 25.1. The Morgan fingerprint density at radius 1 is 1.17 bits per heavy atom. The van der Waals surface area contributed by atoms with Crippen LogP contribution in [0.2, 0.25) is 0 Å². The van der Waals surface area contributed by atoms with Gasteiger partial charge in [0.25, 0.3) is 5.91 Å². The molecule has 1 aromatic heterocycles. The number of hydrogen-bond acceptors (Lipinski definition) is 8. The molecule has 3 aromatic rings. The Balaban J connectivity index is 1.44. The molecule has 0 saturated carbocycles. The highest BCUT2D eigenvalue weighted by Gasteiger charge is 2.29. The number of benzene rings is 2. The molecule has 2 aliphatic heterocycles. The molecule has 0 N–H and O–H groups in total. The maximum Gasteiger partial charge on any atom is 0.260 e. The number of rotatable bonds is 8. The summed E-state index contributed by atoms with van der Waals surface area (Å²) < 4.78 is 45.1. The first-order valence-corrected chi connectivity index (χ1v) is 14.4.